The van der Waals surface area contributed by atoms with Gasteiger partial charge in [0.05, 0.1) is 6.61 Å². The summed E-state index contributed by atoms with van der Waals surface area (Å²) in [5, 5.41) is 12.2. The van der Waals surface area contributed by atoms with E-state index in [9.17, 15) is 4.79 Å². The summed E-state index contributed by atoms with van der Waals surface area (Å²) in [5.74, 6) is -0.863. The topological polar surface area (TPSA) is 58.6 Å². The molecule has 0 fully saturated rings. The fraction of sp³-hybridized carbons (Fsp3) is 0.462. The minimum atomic E-state index is -0.863. The highest BCUT2D eigenvalue weighted by Gasteiger charge is 2.19. The second-order valence-corrected chi connectivity index (χ2v) is 4.27. The quantitative estimate of drug-likeness (QED) is 0.794. The van der Waals surface area contributed by atoms with E-state index >= 15 is 0 Å². The Kier molecular flexibility index (Phi) is 5.12. The predicted octanol–water partition coefficient (Wildman–Crippen LogP) is 1.96. The molecule has 94 valence electrons. The molecule has 0 saturated heterocycles. The van der Waals surface area contributed by atoms with Crippen LogP contribution in [0.1, 0.15) is 31.0 Å². The highest BCUT2D eigenvalue weighted by molar-refractivity contribution is 5.75. The van der Waals surface area contributed by atoms with Crippen molar-refractivity contribution in [1.82, 2.24) is 5.32 Å². The second-order valence-electron chi connectivity index (χ2n) is 4.27. The molecule has 0 amide bonds. The lowest BCUT2D eigenvalue weighted by molar-refractivity contribution is -0.139. The summed E-state index contributed by atoms with van der Waals surface area (Å²) in [5.41, 5.74) is 1.79. The van der Waals surface area contributed by atoms with Gasteiger partial charge in [-0.3, -0.25) is 10.1 Å². The first-order chi connectivity index (χ1) is 8.04. The standard InChI is InChI=1S/C13H19NO3/c1-9(2)14-12(13(15)16)11-6-4-10(5-7-11)8-17-3/h4-7,9,12,14H,8H2,1-3H3,(H,15,16). The molecule has 0 saturated carbocycles. The molecule has 1 unspecified atom stereocenters. The fourth-order valence-corrected chi connectivity index (χ4v) is 1.62. The van der Waals surface area contributed by atoms with Crippen LogP contribution in [0, 0.1) is 0 Å². The average Bonchev–Trinajstić information content (AvgIpc) is 2.27. The number of rotatable bonds is 6. The zero-order chi connectivity index (χ0) is 12.8. The summed E-state index contributed by atoms with van der Waals surface area (Å²) in [6.07, 6.45) is 0. The molecule has 0 spiro atoms. The van der Waals surface area contributed by atoms with Crippen molar-refractivity contribution in [3.63, 3.8) is 0 Å². The largest absolute Gasteiger partial charge is 0.480 e. The van der Waals surface area contributed by atoms with Gasteiger partial charge in [0.2, 0.25) is 0 Å². The van der Waals surface area contributed by atoms with Crippen molar-refractivity contribution in [3.05, 3.63) is 35.4 Å². The number of carboxylic acids is 1. The van der Waals surface area contributed by atoms with Crippen LogP contribution in [0.2, 0.25) is 0 Å². The van der Waals surface area contributed by atoms with E-state index < -0.39 is 12.0 Å². The summed E-state index contributed by atoms with van der Waals surface area (Å²) in [6.45, 7) is 4.39. The number of nitrogens with one attached hydrogen (secondary N) is 1. The van der Waals surface area contributed by atoms with E-state index in [1.165, 1.54) is 0 Å². The average molecular weight is 237 g/mol. The summed E-state index contributed by atoms with van der Waals surface area (Å²) in [7, 11) is 1.63. The van der Waals surface area contributed by atoms with Crippen LogP contribution in [0.3, 0.4) is 0 Å². The molecule has 2 N–H and O–H groups in total. The van der Waals surface area contributed by atoms with Gasteiger partial charge in [-0.2, -0.15) is 0 Å². The third kappa shape index (κ3) is 4.17. The van der Waals surface area contributed by atoms with Crippen LogP contribution in [-0.4, -0.2) is 24.2 Å². The zero-order valence-electron chi connectivity index (χ0n) is 10.4. The van der Waals surface area contributed by atoms with E-state index in [4.69, 9.17) is 9.84 Å². The Labute approximate surface area is 102 Å². The molecule has 0 aliphatic carbocycles. The van der Waals surface area contributed by atoms with Crippen LogP contribution in [0.25, 0.3) is 0 Å². The van der Waals surface area contributed by atoms with Crippen molar-refractivity contribution in [3.8, 4) is 0 Å². The van der Waals surface area contributed by atoms with Gasteiger partial charge >= 0.3 is 5.97 Å². The number of aliphatic carboxylic acids is 1. The van der Waals surface area contributed by atoms with E-state index in [2.05, 4.69) is 5.32 Å². The Morgan fingerprint density at radius 2 is 1.94 bits per heavy atom. The third-order valence-corrected chi connectivity index (χ3v) is 2.37. The normalized spacial score (nSPS) is 12.7. The molecule has 4 heteroatoms. The van der Waals surface area contributed by atoms with Gasteiger partial charge < -0.3 is 9.84 Å². The van der Waals surface area contributed by atoms with Crippen LogP contribution >= 0.6 is 0 Å². The van der Waals surface area contributed by atoms with Gasteiger partial charge in [0.15, 0.2) is 0 Å². The lowest BCUT2D eigenvalue weighted by Crippen LogP contribution is -2.33. The highest BCUT2D eigenvalue weighted by atomic mass is 16.5. The van der Waals surface area contributed by atoms with Crippen molar-refractivity contribution in [2.75, 3.05) is 7.11 Å². The van der Waals surface area contributed by atoms with Gasteiger partial charge in [-0.15, -0.1) is 0 Å². The predicted molar refractivity (Wildman–Crippen MR) is 65.8 cm³/mol. The van der Waals surface area contributed by atoms with Crippen molar-refractivity contribution in [2.24, 2.45) is 0 Å². The van der Waals surface area contributed by atoms with Crippen LogP contribution < -0.4 is 5.32 Å². The van der Waals surface area contributed by atoms with Gasteiger partial charge in [0.1, 0.15) is 6.04 Å². The van der Waals surface area contributed by atoms with E-state index in [1.54, 1.807) is 7.11 Å². The molecule has 4 nitrogen and oxygen atoms in total. The number of hydrogen-bond acceptors (Lipinski definition) is 3. The minimum Gasteiger partial charge on any atom is -0.480 e. The summed E-state index contributed by atoms with van der Waals surface area (Å²) < 4.78 is 5.01. The molecule has 0 heterocycles. The van der Waals surface area contributed by atoms with Crippen molar-refractivity contribution in [2.45, 2.75) is 32.5 Å². The number of ether oxygens (including phenoxy) is 1. The molecule has 0 aliphatic heterocycles. The maximum atomic E-state index is 11.2. The van der Waals surface area contributed by atoms with Crippen molar-refractivity contribution >= 4 is 5.97 Å². The minimum absolute atomic E-state index is 0.120. The first kappa shape index (κ1) is 13.7. The number of methoxy groups -OCH3 is 1. The maximum absolute atomic E-state index is 11.2. The summed E-state index contributed by atoms with van der Waals surface area (Å²) >= 11 is 0. The Hall–Kier alpha value is -1.39. The molecule has 1 rings (SSSR count). The molecule has 17 heavy (non-hydrogen) atoms. The molecular formula is C13H19NO3. The van der Waals surface area contributed by atoms with Gasteiger partial charge in [-0.05, 0) is 25.0 Å². The monoisotopic (exact) mass is 237 g/mol. The molecule has 0 bridgehead atoms. The molecular weight excluding hydrogens is 218 g/mol. The highest BCUT2D eigenvalue weighted by Crippen LogP contribution is 2.15. The van der Waals surface area contributed by atoms with E-state index in [0.717, 1.165) is 11.1 Å². The molecule has 0 aliphatic rings. The van der Waals surface area contributed by atoms with E-state index in [0.29, 0.717) is 6.61 Å². The number of benzene rings is 1. The third-order valence-electron chi connectivity index (χ3n) is 2.37. The summed E-state index contributed by atoms with van der Waals surface area (Å²) in [6, 6.07) is 6.87. The van der Waals surface area contributed by atoms with Crippen LogP contribution in [0.15, 0.2) is 24.3 Å². The number of hydrogen-bond donors (Lipinski definition) is 2. The Morgan fingerprint density at radius 1 is 1.35 bits per heavy atom. The molecule has 1 atom stereocenters. The fourth-order valence-electron chi connectivity index (χ4n) is 1.62. The smallest absolute Gasteiger partial charge is 0.325 e. The van der Waals surface area contributed by atoms with E-state index in [-0.39, 0.29) is 6.04 Å². The van der Waals surface area contributed by atoms with Gasteiger partial charge in [-0.25, -0.2) is 0 Å². The van der Waals surface area contributed by atoms with Crippen molar-refractivity contribution in [1.29, 1.82) is 0 Å². The first-order valence-electron chi connectivity index (χ1n) is 5.61. The second kappa shape index (κ2) is 6.37. The Balaban J connectivity index is 2.83. The number of carboxylic acid groups (broad SMARTS) is 1. The van der Waals surface area contributed by atoms with Gasteiger partial charge in [-0.1, -0.05) is 24.3 Å². The van der Waals surface area contributed by atoms with Gasteiger partial charge in [0.25, 0.3) is 0 Å². The van der Waals surface area contributed by atoms with Crippen LogP contribution in [0.4, 0.5) is 0 Å². The van der Waals surface area contributed by atoms with Crippen molar-refractivity contribution < 1.29 is 14.6 Å². The Bertz CT molecular complexity index is 359. The van der Waals surface area contributed by atoms with E-state index in [1.807, 2.05) is 38.1 Å². The lowest BCUT2D eigenvalue weighted by Gasteiger charge is -2.17. The molecule has 0 aromatic heterocycles. The first-order valence-corrected chi connectivity index (χ1v) is 5.61. The molecule has 1 aromatic carbocycles. The van der Waals surface area contributed by atoms with Crippen LogP contribution in [-0.2, 0) is 16.1 Å². The zero-order valence-corrected chi connectivity index (χ0v) is 10.4. The van der Waals surface area contributed by atoms with Gasteiger partial charge in [0, 0.05) is 13.2 Å². The van der Waals surface area contributed by atoms with Crippen LogP contribution in [0.5, 0.6) is 0 Å². The Morgan fingerprint density at radius 3 is 2.35 bits per heavy atom. The SMILES string of the molecule is COCc1ccc(C(NC(C)C)C(=O)O)cc1. The maximum Gasteiger partial charge on any atom is 0.325 e. The molecule has 0 radical (unpaired) electrons. The lowest BCUT2D eigenvalue weighted by atomic mass is 10.0. The molecule has 1 aromatic rings. The number of carbonyl (C=O) groups is 1. The summed E-state index contributed by atoms with van der Waals surface area (Å²) in [4.78, 5) is 11.2.